The Hall–Kier alpha value is -1.31. The third-order valence-electron chi connectivity index (χ3n) is 3.39. The SMILES string of the molecule is CC(=O)OC[C@@H]1CCC[C@H]1c1ccccc1. The first-order valence-corrected chi connectivity index (χ1v) is 5.95. The first-order valence-electron chi connectivity index (χ1n) is 5.95. The van der Waals surface area contributed by atoms with Crippen LogP contribution in [0.25, 0.3) is 0 Å². The predicted molar refractivity (Wildman–Crippen MR) is 63.2 cm³/mol. The summed E-state index contributed by atoms with van der Waals surface area (Å²) < 4.78 is 5.14. The summed E-state index contributed by atoms with van der Waals surface area (Å²) in [6, 6.07) is 10.6. The largest absolute Gasteiger partial charge is 0.466 e. The Labute approximate surface area is 96.6 Å². The Morgan fingerprint density at radius 1 is 1.31 bits per heavy atom. The molecule has 0 aromatic heterocycles. The Morgan fingerprint density at radius 2 is 2.06 bits per heavy atom. The van der Waals surface area contributed by atoms with Crippen LogP contribution in [-0.4, -0.2) is 12.6 Å². The van der Waals surface area contributed by atoms with Crippen LogP contribution in [0, 0.1) is 5.92 Å². The van der Waals surface area contributed by atoms with Crippen molar-refractivity contribution in [1.82, 2.24) is 0 Å². The number of carbonyl (C=O) groups excluding carboxylic acids is 1. The van der Waals surface area contributed by atoms with Crippen LogP contribution < -0.4 is 0 Å². The predicted octanol–water partition coefficient (Wildman–Crippen LogP) is 3.13. The third-order valence-corrected chi connectivity index (χ3v) is 3.39. The van der Waals surface area contributed by atoms with Crippen molar-refractivity contribution < 1.29 is 9.53 Å². The molecule has 1 aromatic carbocycles. The first kappa shape index (κ1) is 11.2. The number of carbonyl (C=O) groups is 1. The van der Waals surface area contributed by atoms with Gasteiger partial charge in [-0.05, 0) is 30.2 Å². The first-order chi connectivity index (χ1) is 7.77. The lowest BCUT2D eigenvalue weighted by atomic mass is 9.89. The van der Waals surface area contributed by atoms with Gasteiger partial charge in [0, 0.05) is 6.92 Å². The number of benzene rings is 1. The second-order valence-corrected chi connectivity index (χ2v) is 4.51. The van der Waals surface area contributed by atoms with E-state index in [1.165, 1.54) is 31.7 Å². The maximum atomic E-state index is 10.8. The Kier molecular flexibility index (Phi) is 3.60. The van der Waals surface area contributed by atoms with Crippen LogP contribution in [0.1, 0.15) is 37.7 Å². The zero-order chi connectivity index (χ0) is 11.4. The molecule has 0 unspecified atom stereocenters. The summed E-state index contributed by atoms with van der Waals surface area (Å²) in [6.07, 6.45) is 3.63. The van der Waals surface area contributed by atoms with E-state index in [-0.39, 0.29) is 5.97 Å². The van der Waals surface area contributed by atoms with E-state index in [2.05, 4.69) is 24.3 Å². The molecule has 1 fully saturated rings. The van der Waals surface area contributed by atoms with Crippen molar-refractivity contribution in [2.24, 2.45) is 5.92 Å². The molecule has 0 aliphatic heterocycles. The Balaban J connectivity index is 2.01. The monoisotopic (exact) mass is 218 g/mol. The molecule has 0 bridgehead atoms. The summed E-state index contributed by atoms with van der Waals surface area (Å²) >= 11 is 0. The van der Waals surface area contributed by atoms with Crippen LogP contribution in [0.4, 0.5) is 0 Å². The molecule has 1 aliphatic carbocycles. The van der Waals surface area contributed by atoms with E-state index in [9.17, 15) is 4.79 Å². The van der Waals surface area contributed by atoms with Gasteiger partial charge in [-0.25, -0.2) is 0 Å². The highest BCUT2D eigenvalue weighted by molar-refractivity contribution is 5.65. The molecule has 2 atom stereocenters. The maximum Gasteiger partial charge on any atom is 0.302 e. The highest BCUT2D eigenvalue weighted by Crippen LogP contribution is 2.39. The summed E-state index contributed by atoms with van der Waals surface area (Å²) in [5, 5.41) is 0. The van der Waals surface area contributed by atoms with Crippen molar-refractivity contribution in [1.29, 1.82) is 0 Å². The van der Waals surface area contributed by atoms with Crippen LogP contribution >= 0.6 is 0 Å². The molecule has 0 N–H and O–H groups in total. The van der Waals surface area contributed by atoms with Crippen LogP contribution in [0.3, 0.4) is 0 Å². The van der Waals surface area contributed by atoms with Crippen molar-refractivity contribution >= 4 is 5.97 Å². The number of rotatable bonds is 3. The lowest BCUT2D eigenvalue weighted by Crippen LogP contribution is -2.15. The molecule has 0 saturated heterocycles. The number of ether oxygens (including phenoxy) is 1. The summed E-state index contributed by atoms with van der Waals surface area (Å²) in [6.45, 7) is 2.06. The van der Waals surface area contributed by atoms with Gasteiger partial charge < -0.3 is 4.74 Å². The average Bonchev–Trinajstić information content (AvgIpc) is 2.75. The van der Waals surface area contributed by atoms with Gasteiger partial charge in [0.05, 0.1) is 6.61 Å². The van der Waals surface area contributed by atoms with E-state index in [4.69, 9.17) is 4.74 Å². The smallest absolute Gasteiger partial charge is 0.302 e. The van der Waals surface area contributed by atoms with Gasteiger partial charge in [-0.2, -0.15) is 0 Å². The zero-order valence-corrected chi connectivity index (χ0v) is 9.69. The molecule has 2 heteroatoms. The van der Waals surface area contributed by atoms with Gasteiger partial charge in [-0.3, -0.25) is 4.79 Å². The molecule has 0 spiro atoms. The van der Waals surface area contributed by atoms with Crippen molar-refractivity contribution in [2.75, 3.05) is 6.61 Å². The van der Waals surface area contributed by atoms with E-state index >= 15 is 0 Å². The van der Waals surface area contributed by atoms with E-state index < -0.39 is 0 Å². The molecule has 1 aliphatic rings. The Morgan fingerprint density at radius 3 is 2.75 bits per heavy atom. The lowest BCUT2D eigenvalue weighted by Gasteiger charge is -2.19. The van der Waals surface area contributed by atoms with Gasteiger partial charge in [0.15, 0.2) is 0 Å². The molecule has 1 aromatic rings. The van der Waals surface area contributed by atoms with E-state index in [1.807, 2.05) is 6.07 Å². The summed E-state index contributed by atoms with van der Waals surface area (Å²) in [5.41, 5.74) is 1.39. The van der Waals surface area contributed by atoms with Crippen LogP contribution in [-0.2, 0) is 9.53 Å². The van der Waals surface area contributed by atoms with Gasteiger partial charge in [0.25, 0.3) is 0 Å². The molecule has 0 radical (unpaired) electrons. The van der Waals surface area contributed by atoms with Crippen LogP contribution in [0.5, 0.6) is 0 Å². The second kappa shape index (κ2) is 5.15. The quantitative estimate of drug-likeness (QED) is 0.728. The van der Waals surface area contributed by atoms with Gasteiger partial charge in [-0.1, -0.05) is 36.8 Å². The average molecular weight is 218 g/mol. The van der Waals surface area contributed by atoms with Gasteiger partial charge >= 0.3 is 5.97 Å². The fourth-order valence-electron chi connectivity index (χ4n) is 2.60. The summed E-state index contributed by atoms with van der Waals surface area (Å²) in [5.74, 6) is 0.908. The van der Waals surface area contributed by atoms with Crippen molar-refractivity contribution in [3.63, 3.8) is 0 Å². The molecule has 16 heavy (non-hydrogen) atoms. The second-order valence-electron chi connectivity index (χ2n) is 4.51. The fourth-order valence-corrected chi connectivity index (χ4v) is 2.60. The lowest BCUT2D eigenvalue weighted by molar-refractivity contribution is -0.142. The van der Waals surface area contributed by atoms with Crippen molar-refractivity contribution in [3.8, 4) is 0 Å². The van der Waals surface area contributed by atoms with Gasteiger partial charge in [-0.15, -0.1) is 0 Å². The van der Waals surface area contributed by atoms with Gasteiger partial charge in [0.2, 0.25) is 0 Å². The topological polar surface area (TPSA) is 26.3 Å². The molecular weight excluding hydrogens is 200 g/mol. The minimum Gasteiger partial charge on any atom is -0.466 e. The number of esters is 1. The standard InChI is InChI=1S/C14H18O2/c1-11(15)16-10-13-8-5-9-14(13)12-6-3-2-4-7-12/h2-4,6-7,13-14H,5,8-10H2,1H3/t13-,14-/m0/s1. The minimum atomic E-state index is -0.168. The van der Waals surface area contributed by atoms with Crippen LogP contribution in [0.15, 0.2) is 30.3 Å². The third kappa shape index (κ3) is 2.63. The molecule has 2 rings (SSSR count). The molecular formula is C14H18O2. The van der Waals surface area contributed by atoms with E-state index in [0.29, 0.717) is 18.4 Å². The normalized spacial score (nSPS) is 24.3. The van der Waals surface area contributed by atoms with E-state index in [0.717, 1.165) is 0 Å². The maximum absolute atomic E-state index is 10.8. The summed E-state index contributed by atoms with van der Waals surface area (Å²) in [4.78, 5) is 10.8. The molecule has 1 saturated carbocycles. The molecule has 2 nitrogen and oxygen atoms in total. The minimum absolute atomic E-state index is 0.168. The van der Waals surface area contributed by atoms with Crippen molar-refractivity contribution in [2.45, 2.75) is 32.1 Å². The molecule has 86 valence electrons. The molecule has 0 amide bonds. The Bertz CT molecular complexity index is 345. The fraction of sp³-hybridized carbons (Fsp3) is 0.500. The zero-order valence-electron chi connectivity index (χ0n) is 9.69. The van der Waals surface area contributed by atoms with E-state index in [1.54, 1.807) is 0 Å². The highest BCUT2D eigenvalue weighted by Gasteiger charge is 2.29. The van der Waals surface area contributed by atoms with Crippen molar-refractivity contribution in [3.05, 3.63) is 35.9 Å². The summed E-state index contributed by atoms with van der Waals surface area (Å²) in [7, 11) is 0. The number of hydrogen-bond acceptors (Lipinski definition) is 2. The molecule has 0 heterocycles. The number of hydrogen-bond donors (Lipinski definition) is 0. The van der Waals surface area contributed by atoms with Crippen LogP contribution in [0.2, 0.25) is 0 Å². The van der Waals surface area contributed by atoms with Gasteiger partial charge in [0.1, 0.15) is 0 Å². The highest BCUT2D eigenvalue weighted by atomic mass is 16.5.